The number of aromatic nitrogens is 1. The summed E-state index contributed by atoms with van der Waals surface area (Å²) in [5.74, 6) is 2.58. The number of halogens is 1. The summed E-state index contributed by atoms with van der Waals surface area (Å²) in [4.78, 5) is 9.57. The molecule has 0 spiro atoms. The summed E-state index contributed by atoms with van der Waals surface area (Å²) in [6, 6.07) is 1.99. The van der Waals surface area contributed by atoms with Crippen LogP contribution >= 0.6 is 24.0 Å². The van der Waals surface area contributed by atoms with Crippen LogP contribution in [0.25, 0.3) is 0 Å². The van der Waals surface area contributed by atoms with Crippen molar-refractivity contribution in [3.05, 3.63) is 17.5 Å². The molecule has 1 aromatic rings. The number of piperazine rings is 1. The van der Waals surface area contributed by atoms with E-state index in [1.807, 2.05) is 6.07 Å². The molecule has 2 N–H and O–H groups in total. The minimum atomic E-state index is 0. The number of nitrogens with one attached hydrogen (secondary N) is 2. The van der Waals surface area contributed by atoms with Crippen molar-refractivity contribution < 1.29 is 4.52 Å². The van der Waals surface area contributed by atoms with Gasteiger partial charge in [-0.25, -0.2) is 4.99 Å². The van der Waals surface area contributed by atoms with Crippen molar-refractivity contribution in [1.29, 1.82) is 0 Å². The van der Waals surface area contributed by atoms with Crippen LogP contribution in [0.2, 0.25) is 0 Å². The van der Waals surface area contributed by atoms with Gasteiger partial charge in [0.05, 0.1) is 5.69 Å². The molecule has 0 bridgehead atoms. The Morgan fingerprint density at radius 3 is 2.52 bits per heavy atom. The predicted molar refractivity (Wildman–Crippen MR) is 122 cm³/mol. The van der Waals surface area contributed by atoms with Gasteiger partial charge in [0.1, 0.15) is 6.54 Å². The molecule has 7 nitrogen and oxygen atoms in total. The zero-order chi connectivity index (χ0) is 18.9. The molecule has 1 unspecified atom stereocenters. The molecule has 2 rings (SSSR count). The fourth-order valence-electron chi connectivity index (χ4n) is 2.98. The SMILES string of the molecule is CCNC(=NCc1cc(C(C)C)no1)NCC(C)CN1CCN(C)CC1.I. The fourth-order valence-corrected chi connectivity index (χ4v) is 2.98. The van der Waals surface area contributed by atoms with E-state index in [9.17, 15) is 0 Å². The second-order valence-electron chi connectivity index (χ2n) is 7.66. The van der Waals surface area contributed by atoms with Gasteiger partial charge < -0.3 is 25.0 Å². The number of aliphatic imine (C=N–C) groups is 1. The van der Waals surface area contributed by atoms with E-state index in [0.717, 1.165) is 37.0 Å². The quantitative estimate of drug-likeness (QED) is 0.330. The minimum absolute atomic E-state index is 0. The second kappa shape index (κ2) is 12.6. The van der Waals surface area contributed by atoms with Crippen molar-refractivity contribution in [2.24, 2.45) is 10.9 Å². The van der Waals surface area contributed by atoms with E-state index in [4.69, 9.17) is 4.52 Å². The molecule has 0 amide bonds. The lowest BCUT2D eigenvalue weighted by Gasteiger charge is -2.34. The van der Waals surface area contributed by atoms with Crippen molar-refractivity contribution >= 4 is 29.9 Å². The number of hydrogen-bond donors (Lipinski definition) is 2. The smallest absolute Gasteiger partial charge is 0.191 e. The molecule has 156 valence electrons. The average molecular weight is 492 g/mol. The van der Waals surface area contributed by atoms with Gasteiger partial charge in [0.2, 0.25) is 0 Å². The van der Waals surface area contributed by atoms with Crippen LogP contribution in [-0.4, -0.2) is 73.8 Å². The fraction of sp³-hybridized carbons (Fsp3) is 0.789. The van der Waals surface area contributed by atoms with Gasteiger partial charge in [-0.15, -0.1) is 24.0 Å². The van der Waals surface area contributed by atoms with Crippen molar-refractivity contribution in [2.45, 2.75) is 40.2 Å². The van der Waals surface area contributed by atoms with Gasteiger partial charge in [-0.1, -0.05) is 25.9 Å². The van der Waals surface area contributed by atoms with Crippen molar-refractivity contribution in [3.8, 4) is 0 Å². The molecule has 1 atom stereocenters. The Morgan fingerprint density at radius 2 is 1.93 bits per heavy atom. The maximum Gasteiger partial charge on any atom is 0.191 e. The molecular formula is C19H37IN6O. The van der Waals surface area contributed by atoms with Gasteiger partial charge in [-0.3, -0.25) is 0 Å². The first-order valence-corrected chi connectivity index (χ1v) is 9.86. The topological polar surface area (TPSA) is 68.9 Å². The normalized spacial score (nSPS) is 17.6. The number of rotatable bonds is 8. The summed E-state index contributed by atoms with van der Waals surface area (Å²) in [5.41, 5.74) is 0.981. The summed E-state index contributed by atoms with van der Waals surface area (Å²) in [6.45, 7) is 16.6. The molecule has 1 aliphatic heterocycles. The lowest BCUT2D eigenvalue weighted by atomic mass is 10.1. The van der Waals surface area contributed by atoms with Crippen LogP contribution in [-0.2, 0) is 6.54 Å². The first-order chi connectivity index (χ1) is 12.5. The van der Waals surface area contributed by atoms with E-state index in [0.29, 0.717) is 18.4 Å². The first-order valence-electron chi connectivity index (χ1n) is 9.86. The molecule has 2 heterocycles. The molecule has 27 heavy (non-hydrogen) atoms. The van der Waals surface area contributed by atoms with Crippen LogP contribution in [0.1, 0.15) is 45.1 Å². The summed E-state index contributed by atoms with van der Waals surface area (Å²) in [7, 11) is 2.19. The Morgan fingerprint density at radius 1 is 1.22 bits per heavy atom. The zero-order valence-electron chi connectivity index (χ0n) is 17.5. The van der Waals surface area contributed by atoms with E-state index < -0.39 is 0 Å². The molecule has 0 saturated carbocycles. The summed E-state index contributed by atoms with van der Waals surface area (Å²) in [5, 5.41) is 10.9. The number of nitrogens with zero attached hydrogens (tertiary/aromatic N) is 4. The molecule has 1 aliphatic rings. The molecule has 1 saturated heterocycles. The van der Waals surface area contributed by atoms with Crippen molar-refractivity contribution in [1.82, 2.24) is 25.6 Å². The largest absolute Gasteiger partial charge is 0.359 e. The highest BCUT2D eigenvalue weighted by atomic mass is 127. The zero-order valence-corrected chi connectivity index (χ0v) is 19.8. The third-order valence-corrected chi connectivity index (χ3v) is 4.69. The van der Waals surface area contributed by atoms with Gasteiger partial charge >= 0.3 is 0 Å². The van der Waals surface area contributed by atoms with Gasteiger partial charge in [-0.05, 0) is 25.8 Å². The second-order valence-corrected chi connectivity index (χ2v) is 7.66. The van der Waals surface area contributed by atoms with Gasteiger partial charge in [-0.2, -0.15) is 0 Å². The third kappa shape index (κ3) is 8.78. The van der Waals surface area contributed by atoms with Crippen LogP contribution in [0.5, 0.6) is 0 Å². The highest BCUT2D eigenvalue weighted by molar-refractivity contribution is 14.0. The Labute approximate surface area is 181 Å². The summed E-state index contributed by atoms with van der Waals surface area (Å²) < 4.78 is 5.37. The van der Waals surface area contributed by atoms with E-state index in [1.165, 1.54) is 26.2 Å². The van der Waals surface area contributed by atoms with Gasteiger partial charge in [0.15, 0.2) is 11.7 Å². The Hall–Kier alpha value is -0.870. The molecule has 0 radical (unpaired) electrons. The standard InChI is InChI=1S/C19H36N6O.HI/c1-6-20-19(22-13-17-11-18(15(2)3)23-26-17)21-12-16(4)14-25-9-7-24(5)8-10-25;/h11,15-16H,6-10,12-14H2,1-5H3,(H2,20,21,22);1H. The Bertz CT molecular complexity index is 554. The maximum atomic E-state index is 5.37. The van der Waals surface area contributed by atoms with E-state index >= 15 is 0 Å². The van der Waals surface area contributed by atoms with Crippen LogP contribution in [0.4, 0.5) is 0 Å². The van der Waals surface area contributed by atoms with E-state index in [2.05, 4.69) is 65.3 Å². The minimum Gasteiger partial charge on any atom is -0.359 e. The summed E-state index contributed by atoms with van der Waals surface area (Å²) in [6.07, 6.45) is 0. The Balaban J connectivity index is 0.00000364. The van der Waals surface area contributed by atoms with E-state index in [1.54, 1.807) is 0 Å². The predicted octanol–water partition coefficient (Wildman–Crippen LogP) is 2.35. The third-order valence-electron chi connectivity index (χ3n) is 4.69. The lowest BCUT2D eigenvalue weighted by Crippen LogP contribution is -2.47. The monoisotopic (exact) mass is 492 g/mol. The van der Waals surface area contributed by atoms with E-state index in [-0.39, 0.29) is 24.0 Å². The average Bonchev–Trinajstić information content (AvgIpc) is 3.09. The van der Waals surface area contributed by atoms with Gasteiger partial charge in [0.25, 0.3) is 0 Å². The van der Waals surface area contributed by atoms with Crippen LogP contribution in [0.3, 0.4) is 0 Å². The molecule has 1 fully saturated rings. The van der Waals surface area contributed by atoms with Crippen LogP contribution in [0, 0.1) is 5.92 Å². The maximum absolute atomic E-state index is 5.37. The van der Waals surface area contributed by atoms with Crippen molar-refractivity contribution in [3.63, 3.8) is 0 Å². The molecule has 8 heteroatoms. The number of guanidine groups is 1. The first kappa shape index (κ1) is 24.2. The molecule has 0 aliphatic carbocycles. The summed E-state index contributed by atoms with van der Waals surface area (Å²) >= 11 is 0. The molecule has 1 aromatic heterocycles. The van der Waals surface area contributed by atoms with Crippen LogP contribution in [0.15, 0.2) is 15.6 Å². The van der Waals surface area contributed by atoms with Crippen LogP contribution < -0.4 is 10.6 Å². The lowest BCUT2D eigenvalue weighted by molar-refractivity contribution is 0.139. The highest BCUT2D eigenvalue weighted by Crippen LogP contribution is 2.14. The number of likely N-dealkylation sites (N-methyl/N-ethyl adjacent to an activating group) is 1. The number of hydrogen-bond acceptors (Lipinski definition) is 5. The molecule has 0 aromatic carbocycles. The Kier molecular flexibility index (Phi) is 11.2. The molecular weight excluding hydrogens is 455 g/mol. The highest BCUT2D eigenvalue weighted by Gasteiger charge is 2.16. The van der Waals surface area contributed by atoms with Gasteiger partial charge in [0, 0.05) is 51.9 Å². The van der Waals surface area contributed by atoms with Crippen molar-refractivity contribution in [2.75, 3.05) is 52.9 Å².